The van der Waals surface area contributed by atoms with E-state index in [9.17, 15) is 9.59 Å². The Morgan fingerprint density at radius 1 is 1.16 bits per heavy atom. The first-order valence-corrected chi connectivity index (χ1v) is 11.3. The molecule has 1 fully saturated rings. The largest absolute Gasteiger partial charge is 0.484 e. The predicted octanol–water partition coefficient (Wildman–Crippen LogP) is 4.15. The Labute approximate surface area is 189 Å². The van der Waals surface area contributed by atoms with Gasteiger partial charge in [-0.05, 0) is 37.1 Å². The van der Waals surface area contributed by atoms with Gasteiger partial charge in [0.1, 0.15) is 16.8 Å². The van der Waals surface area contributed by atoms with Crippen LogP contribution in [-0.2, 0) is 16.1 Å². The van der Waals surface area contributed by atoms with E-state index in [1.54, 1.807) is 40.5 Å². The van der Waals surface area contributed by atoms with E-state index in [2.05, 4.69) is 10.3 Å². The van der Waals surface area contributed by atoms with Gasteiger partial charge in [0, 0.05) is 22.5 Å². The van der Waals surface area contributed by atoms with Crippen LogP contribution >= 0.6 is 22.9 Å². The third-order valence-corrected chi connectivity index (χ3v) is 6.26. The van der Waals surface area contributed by atoms with E-state index in [0.29, 0.717) is 30.3 Å². The lowest BCUT2D eigenvalue weighted by atomic mass is 10.2. The Balaban J connectivity index is 1.30. The van der Waals surface area contributed by atoms with Crippen molar-refractivity contribution in [2.45, 2.75) is 25.4 Å². The molecule has 0 unspecified atom stereocenters. The highest BCUT2D eigenvalue weighted by atomic mass is 35.5. The molecule has 2 heterocycles. The third kappa shape index (κ3) is 5.42. The van der Waals surface area contributed by atoms with Crippen LogP contribution in [0.25, 0.3) is 10.6 Å². The van der Waals surface area contributed by atoms with Gasteiger partial charge in [-0.1, -0.05) is 41.9 Å². The SMILES string of the molecule is O=C(NCc1csc(-c2ccccc2)n1)[C@H]1CCCN1C(=O)COc1ccc(Cl)cc1. The summed E-state index contributed by atoms with van der Waals surface area (Å²) < 4.78 is 5.55. The Morgan fingerprint density at radius 2 is 1.94 bits per heavy atom. The van der Waals surface area contributed by atoms with Gasteiger partial charge in [0.25, 0.3) is 5.91 Å². The minimum atomic E-state index is -0.478. The first-order valence-electron chi connectivity index (χ1n) is 10.1. The summed E-state index contributed by atoms with van der Waals surface area (Å²) in [4.78, 5) is 31.6. The summed E-state index contributed by atoms with van der Waals surface area (Å²) in [5.74, 6) is 0.204. The Kier molecular flexibility index (Phi) is 6.84. The molecule has 0 radical (unpaired) electrons. The lowest BCUT2D eigenvalue weighted by Crippen LogP contribution is -2.47. The highest BCUT2D eigenvalue weighted by Gasteiger charge is 2.34. The Morgan fingerprint density at radius 3 is 2.71 bits per heavy atom. The monoisotopic (exact) mass is 455 g/mol. The zero-order valence-electron chi connectivity index (χ0n) is 16.8. The van der Waals surface area contributed by atoms with Crippen molar-refractivity contribution < 1.29 is 14.3 Å². The molecule has 1 atom stereocenters. The molecule has 0 saturated carbocycles. The maximum atomic E-state index is 12.7. The van der Waals surface area contributed by atoms with Crippen molar-refractivity contribution in [3.05, 3.63) is 70.7 Å². The molecule has 31 heavy (non-hydrogen) atoms. The number of nitrogens with one attached hydrogen (secondary N) is 1. The summed E-state index contributed by atoms with van der Waals surface area (Å²) >= 11 is 7.41. The van der Waals surface area contributed by atoms with E-state index in [-0.39, 0.29) is 18.4 Å². The lowest BCUT2D eigenvalue weighted by molar-refractivity contribution is -0.140. The standard InChI is InChI=1S/C23H22ClN3O3S/c24-17-8-10-19(11-9-17)30-14-21(28)27-12-4-7-20(27)22(29)25-13-18-15-31-23(26-18)16-5-2-1-3-6-16/h1-3,5-6,8-11,15,20H,4,7,12-14H2,(H,25,29)/t20-/m1/s1. The molecule has 2 aromatic carbocycles. The molecular formula is C23H22ClN3O3S. The smallest absolute Gasteiger partial charge is 0.261 e. The summed E-state index contributed by atoms with van der Waals surface area (Å²) in [7, 11) is 0. The topological polar surface area (TPSA) is 71.5 Å². The molecule has 160 valence electrons. The maximum Gasteiger partial charge on any atom is 0.261 e. The Bertz CT molecular complexity index is 1040. The second-order valence-corrected chi connectivity index (χ2v) is 8.51. The number of amides is 2. The number of rotatable bonds is 7. The molecule has 1 saturated heterocycles. The van der Waals surface area contributed by atoms with E-state index < -0.39 is 6.04 Å². The van der Waals surface area contributed by atoms with Crippen LogP contribution in [0.2, 0.25) is 5.02 Å². The van der Waals surface area contributed by atoms with Gasteiger partial charge in [0.2, 0.25) is 5.91 Å². The minimum Gasteiger partial charge on any atom is -0.484 e. The van der Waals surface area contributed by atoms with Gasteiger partial charge in [-0.3, -0.25) is 9.59 Å². The second-order valence-electron chi connectivity index (χ2n) is 7.22. The number of nitrogens with zero attached hydrogens (tertiary/aromatic N) is 2. The van der Waals surface area contributed by atoms with Crippen LogP contribution in [0, 0.1) is 0 Å². The number of benzene rings is 2. The molecule has 6 nitrogen and oxygen atoms in total. The number of carbonyl (C=O) groups excluding carboxylic acids is 2. The summed E-state index contributed by atoms with van der Waals surface area (Å²) in [6.07, 6.45) is 1.43. The van der Waals surface area contributed by atoms with Gasteiger partial charge in [0.05, 0.1) is 12.2 Å². The number of carbonyl (C=O) groups is 2. The van der Waals surface area contributed by atoms with Gasteiger partial charge < -0.3 is 15.0 Å². The number of halogens is 1. The van der Waals surface area contributed by atoms with Gasteiger partial charge in [-0.25, -0.2) is 4.98 Å². The quantitative estimate of drug-likeness (QED) is 0.581. The molecule has 2 amide bonds. The first kappa shape index (κ1) is 21.3. The lowest BCUT2D eigenvalue weighted by Gasteiger charge is -2.24. The number of hydrogen-bond acceptors (Lipinski definition) is 5. The Hall–Kier alpha value is -2.90. The van der Waals surface area contributed by atoms with Crippen LogP contribution in [0.3, 0.4) is 0 Å². The van der Waals surface area contributed by atoms with E-state index in [0.717, 1.165) is 22.7 Å². The molecule has 4 rings (SSSR count). The van der Waals surface area contributed by atoms with Crippen LogP contribution in [0.4, 0.5) is 0 Å². The number of thiazole rings is 1. The average molecular weight is 456 g/mol. The number of aromatic nitrogens is 1. The fourth-order valence-electron chi connectivity index (χ4n) is 3.49. The van der Waals surface area contributed by atoms with Gasteiger partial charge in [0.15, 0.2) is 6.61 Å². The van der Waals surface area contributed by atoms with Gasteiger partial charge in [-0.15, -0.1) is 11.3 Å². The first-order chi connectivity index (χ1) is 15.1. The molecule has 0 aliphatic carbocycles. The molecule has 1 aliphatic heterocycles. The van der Waals surface area contributed by atoms with Crippen LogP contribution in [0.1, 0.15) is 18.5 Å². The molecular weight excluding hydrogens is 434 g/mol. The summed E-state index contributed by atoms with van der Waals surface area (Å²) in [6, 6.07) is 16.3. The van der Waals surface area contributed by atoms with E-state index in [1.807, 2.05) is 35.7 Å². The van der Waals surface area contributed by atoms with E-state index in [4.69, 9.17) is 16.3 Å². The number of hydrogen-bond donors (Lipinski definition) is 1. The molecule has 1 aromatic heterocycles. The normalized spacial score (nSPS) is 15.6. The molecule has 0 bridgehead atoms. The van der Waals surface area contributed by atoms with Crippen molar-refractivity contribution in [3.63, 3.8) is 0 Å². The molecule has 0 spiro atoms. The highest BCUT2D eigenvalue weighted by Crippen LogP contribution is 2.24. The summed E-state index contributed by atoms with van der Waals surface area (Å²) in [5.41, 5.74) is 1.86. The maximum absolute atomic E-state index is 12.7. The zero-order valence-corrected chi connectivity index (χ0v) is 18.4. The zero-order chi connectivity index (χ0) is 21.6. The highest BCUT2D eigenvalue weighted by molar-refractivity contribution is 7.13. The third-order valence-electron chi connectivity index (χ3n) is 5.07. The summed E-state index contributed by atoms with van der Waals surface area (Å²) in [6.45, 7) is 0.773. The minimum absolute atomic E-state index is 0.113. The summed E-state index contributed by atoms with van der Waals surface area (Å²) in [5, 5.41) is 6.39. The van der Waals surface area contributed by atoms with Crippen molar-refractivity contribution in [3.8, 4) is 16.3 Å². The number of ether oxygens (including phenoxy) is 1. The van der Waals surface area contributed by atoms with Gasteiger partial charge >= 0.3 is 0 Å². The number of likely N-dealkylation sites (tertiary alicyclic amines) is 1. The van der Waals surface area contributed by atoms with Crippen molar-refractivity contribution in [1.29, 1.82) is 0 Å². The van der Waals surface area contributed by atoms with Crippen molar-refractivity contribution in [2.24, 2.45) is 0 Å². The van der Waals surface area contributed by atoms with Crippen molar-refractivity contribution in [1.82, 2.24) is 15.2 Å². The fraction of sp³-hybridized carbons (Fsp3) is 0.261. The molecule has 1 aliphatic rings. The fourth-order valence-corrected chi connectivity index (χ4v) is 4.45. The van der Waals surface area contributed by atoms with Crippen LogP contribution < -0.4 is 10.1 Å². The predicted molar refractivity (Wildman–Crippen MR) is 121 cm³/mol. The van der Waals surface area contributed by atoms with Crippen molar-refractivity contribution in [2.75, 3.05) is 13.2 Å². The molecule has 3 aromatic rings. The molecule has 1 N–H and O–H groups in total. The van der Waals surface area contributed by atoms with Crippen molar-refractivity contribution >= 4 is 34.8 Å². The van der Waals surface area contributed by atoms with E-state index in [1.165, 1.54) is 0 Å². The molecule has 8 heteroatoms. The van der Waals surface area contributed by atoms with Crippen LogP contribution in [0.15, 0.2) is 60.0 Å². The second kappa shape index (κ2) is 9.94. The van der Waals surface area contributed by atoms with Crippen LogP contribution in [-0.4, -0.2) is 40.9 Å². The van der Waals surface area contributed by atoms with Gasteiger partial charge in [-0.2, -0.15) is 0 Å². The van der Waals surface area contributed by atoms with E-state index >= 15 is 0 Å². The average Bonchev–Trinajstić information content (AvgIpc) is 3.47. The van der Waals surface area contributed by atoms with Crippen LogP contribution in [0.5, 0.6) is 5.75 Å².